The summed E-state index contributed by atoms with van der Waals surface area (Å²) >= 11 is 0. The summed E-state index contributed by atoms with van der Waals surface area (Å²) in [6.07, 6.45) is 49.2. The highest BCUT2D eigenvalue weighted by atomic mass is 17.2. The van der Waals surface area contributed by atoms with Crippen LogP contribution in [-0.2, 0) is 24.0 Å². The molecular formula is C58H116O5. The summed E-state index contributed by atoms with van der Waals surface area (Å²) in [6.45, 7) is 19.7. The fourth-order valence-electron chi connectivity index (χ4n) is 10.00. The lowest BCUT2D eigenvalue weighted by molar-refractivity contribution is -0.294. The van der Waals surface area contributed by atoms with Crippen LogP contribution < -0.4 is 0 Å². The summed E-state index contributed by atoms with van der Waals surface area (Å²) in [7, 11) is 1.85. The summed E-state index contributed by atoms with van der Waals surface area (Å²) in [5.74, 6) is 1.24. The Balaban J connectivity index is 6.84. The fourth-order valence-corrected chi connectivity index (χ4v) is 10.00. The zero-order chi connectivity index (χ0) is 46.5. The molecule has 378 valence electrons. The Bertz CT molecular complexity index is 936. The Morgan fingerprint density at radius 3 is 1.25 bits per heavy atom. The normalized spacial score (nSPS) is 15.3. The Labute approximate surface area is 396 Å². The predicted molar refractivity (Wildman–Crippen MR) is 276 cm³/mol. The summed E-state index contributed by atoms with van der Waals surface area (Å²) in [6, 6.07) is 0. The summed E-state index contributed by atoms with van der Waals surface area (Å²) < 4.78 is 13.3. The van der Waals surface area contributed by atoms with Crippen molar-refractivity contribution in [2.75, 3.05) is 20.3 Å². The van der Waals surface area contributed by atoms with Gasteiger partial charge < -0.3 is 9.47 Å². The first-order valence-corrected chi connectivity index (χ1v) is 28.8. The van der Waals surface area contributed by atoms with Crippen molar-refractivity contribution in [2.24, 2.45) is 17.3 Å². The maximum atomic E-state index is 15.4. The second-order valence-electron chi connectivity index (χ2n) is 20.7. The molecule has 5 unspecified atom stereocenters. The number of carbonyl (C=O) groups excluding carboxylic acids is 1. The van der Waals surface area contributed by atoms with E-state index in [2.05, 4.69) is 55.4 Å². The van der Waals surface area contributed by atoms with E-state index >= 15 is 4.79 Å². The first-order chi connectivity index (χ1) is 30.8. The monoisotopic (exact) mass is 893 g/mol. The van der Waals surface area contributed by atoms with Crippen LogP contribution >= 0.6 is 0 Å². The fraction of sp³-hybridized carbons (Fsp3) is 0.983. The van der Waals surface area contributed by atoms with Gasteiger partial charge in [-0.3, -0.25) is 4.89 Å². The third-order valence-electron chi connectivity index (χ3n) is 15.2. The largest absolute Gasteiger partial charge is 0.381 e. The molecule has 0 aliphatic heterocycles. The van der Waals surface area contributed by atoms with Crippen LogP contribution in [0.2, 0.25) is 0 Å². The Kier molecular flexibility index (Phi) is 44.7. The van der Waals surface area contributed by atoms with E-state index in [0.29, 0.717) is 25.2 Å². The van der Waals surface area contributed by atoms with E-state index in [1.54, 1.807) is 0 Å². The molecule has 5 nitrogen and oxygen atoms in total. The molecule has 0 aliphatic rings. The smallest absolute Gasteiger partial charge is 0.351 e. The Morgan fingerprint density at radius 1 is 0.413 bits per heavy atom. The van der Waals surface area contributed by atoms with E-state index in [1.807, 2.05) is 7.11 Å². The van der Waals surface area contributed by atoms with Gasteiger partial charge in [-0.2, -0.15) is 4.89 Å². The average molecular weight is 894 g/mol. The van der Waals surface area contributed by atoms with Crippen molar-refractivity contribution >= 4 is 5.97 Å². The molecule has 63 heavy (non-hydrogen) atoms. The van der Waals surface area contributed by atoms with Gasteiger partial charge in [0.2, 0.25) is 0 Å². The number of ether oxygens (including phenoxy) is 2. The van der Waals surface area contributed by atoms with Crippen LogP contribution in [0.3, 0.4) is 0 Å². The average Bonchev–Trinajstić information content (AvgIpc) is 3.30. The molecule has 0 aliphatic carbocycles. The maximum Gasteiger partial charge on any atom is 0.351 e. The summed E-state index contributed by atoms with van der Waals surface area (Å²) in [4.78, 5) is 27.6. The van der Waals surface area contributed by atoms with Gasteiger partial charge in [0.05, 0.1) is 18.3 Å². The molecule has 0 aromatic carbocycles. The first kappa shape index (κ1) is 62.4. The lowest BCUT2D eigenvalue weighted by atomic mass is 9.61. The highest BCUT2D eigenvalue weighted by molar-refractivity contribution is 5.78. The molecule has 0 bridgehead atoms. The molecular weight excluding hydrogens is 777 g/mol. The molecule has 0 fully saturated rings. The Morgan fingerprint density at radius 2 is 0.810 bits per heavy atom. The van der Waals surface area contributed by atoms with Crippen LogP contribution in [0.25, 0.3) is 0 Å². The third-order valence-corrected chi connectivity index (χ3v) is 15.2. The maximum absolute atomic E-state index is 15.4. The van der Waals surface area contributed by atoms with Crippen molar-refractivity contribution in [1.29, 1.82) is 0 Å². The van der Waals surface area contributed by atoms with Crippen LogP contribution in [0.5, 0.6) is 0 Å². The lowest BCUT2D eigenvalue weighted by Crippen LogP contribution is -2.56. The second kappa shape index (κ2) is 45.1. The minimum absolute atomic E-state index is 0.112. The quantitative estimate of drug-likeness (QED) is 0.0346. The highest BCUT2D eigenvalue weighted by Gasteiger charge is 2.57. The molecule has 0 aromatic heterocycles. The van der Waals surface area contributed by atoms with Crippen molar-refractivity contribution < 1.29 is 24.0 Å². The van der Waals surface area contributed by atoms with Crippen LogP contribution in [0.4, 0.5) is 0 Å². The molecule has 0 amide bonds. The highest BCUT2D eigenvalue weighted by Crippen LogP contribution is 2.51. The molecule has 0 saturated carbocycles. The lowest BCUT2D eigenvalue weighted by Gasteiger charge is -2.49. The zero-order valence-electron chi connectivity index (χ0n) is 44.7. The van der Waals surface area contributed by atoms with Gasteiger partial charge in [-0.25, -0.2) is 4.79 Å². The molecule has 5 atom stereocenters. The molecule has 5 heteroatoms. The van der Waals surface area contributed by atoms with E-state index in [4.69, 9.17) is 19.2 Å². The molecule has 0 saturated heterocycles. The SMILES string of the molecule is CCCCCCCCCCCCC(CCCCCCCCCC)(C(=O)OOCCCCCC(C)CC)C(CCCCCCCCC)(CCC(C)CC)OCCCCCC(CC)OC. The van der Waals surface area contributed by atoms with Gasteiger partial charge in [-0.15, -0.1) is 0 Å². The van der Waals surface area contributed by atoms with E-state index in [0.717, 1.165) is 109 Å². The van der Waals surface area contributed by atoms with E-state index in [1.165, 1.54) is 161 Å². The molecule has 0 radical (unpaired) electrons. The second-order valence-corrected chi connectivity index (χ2v) is 20.7. The van der Waals surface area contributed by atoms with Gasteiger partial charge in [0.1, 0.15) is 5.41 Å². The van der Waals surface area contributed by atoms with Crippen LogP contribution in [-0.4, -0.2) is 38.0 Å². The van der Waals surface area contributed by atoms with Crippen molar-refractivity contribution in [3.63, 3.8) is 0 Å². The molecule has 0 heterocycles. The van der Waals surface area contributed by atoms with Gasteiger partial charge in [0, 0.05) is 13.7 Å². The van der Waals surface area contributed by atoms with E-state index < -0.39 is 11.0 Å². The third kappa shape index (κ3) is 31.9. The summed E-state index contributed by atoms with van der Waals surface area (Å²) in [5.41, 5.74) is -1.28. The molecule has 0 rings (SSSR count). The number of hydrogen-bond donors (Lipinski definition) is 0. The number of methoxy groups -OCH3 is 1. The Hall–Kier alpha value is -0.650. The minimum atomic E-state index is -0.717. The van der Waals surface area contributed by atoms with Crippen molar-refractivity contribution in [3.05, 3.63) is 0 Å². The van der Waals surface area contributed by atoms with Gasteiger partial charge in [-0.1, -0.05) is 261 Å². The number of carbonyl (C=O) groups is 1. The molecule has 0 N–H and O–H groups in total. The predicted octanol–water partition coefficient (Wildman–Crippen LogP) is 19.6. The van der Waals surface area contributed by atoms with Crippen LogP contribution in [0, 0.1) is 17.3 Å². The van der Waals surface area contributed by atoms with E-state index in [-0.39, 0.29) is 5.97 Å². The minimum Gasteiger partial charge on any atom is -0.381 e. The topological polar surface area (TPSA) is 54.0 Å². The van der Waals surface area contributed by atoms with Gasteiger partial charge >= 0.3 is 5.97 Å². The van der Waals surface area contributed by atoms with Crippen molar-refractivity contribution in [1.82, 2.24) is 0 Å². The van der Waals surface area contributed by atoms with Crippen molar-refractivity contribution in [3.8, 4) is 0 Å². The number of rotatable bonds is 51. The van der Waals surface area contributed by atoms with Gasteiger partial charge in [-0.05, 0) is 69.6 Å². The first-order valence-electron chi connectivity index (χ1n) is 28.8. The van der Waals surface area contributed by atoms with Crippen LogP contribution in [0.1, 0.15) is 319 Å². The van der Waals surface area contributed by atoms with Crippen molar-refractivity contribution in [2.45, 2.75) is 330 Å². The summed E-state index contributed by atoms with van der Waals surface area (Å²) in [5, 5.41) is 0. The van der Waals surface area contributed by atoms with Gasteiger partial charge in [0.15, 0.2) is 0 Å². The molecule has 0 spiro atoms. The van der Waals surface area contributed by atoms with Gasteiger partial charge in [0.25, 0.3) is 0 Å². The zero-order valence-corrected chi connectivity index (χ0v) is 44.7. The van der Waals surface area contributed by atoms with E-state index in [9.17, 15) is 0 Å². The number of unbranched alkanes of at least 4 members (excludes halogenated alkanes) is 26. The standard InChI is InChI=1S/C58H116O5/c1-10-16-19-22-25-27-28-31-33-40-48-57(47-39-32-30-26-23-20-17-11-2,56(59)63-62-52-43-35-37-44-53(7)13-4)58(50-46-54(8)14-5,49-41-34-29-24-21-18-12-3)61-51-42-36-38-45-55(15-6)60-9/h53-55H,10-52H2,1-9H3. The van der Waals surface area contributed by atoms with Crippen LogP contribution in [0.15, 0.2) is 0 Å². The number of hydrogen-bond acceptors (Lipinski definition) is 5. The molecule has 0 aromatic rings.